The van der Waals surface area contributed by atoms with Crippen molar-refractivity contribution >= 4 is 16.5 Å². The average Bonchev–Trinajstić information content (AvgIpc) is 2.91. The van der Waals surface area contributed by atoms with E-state index in [4.69, 9.17) is 4.74 Å². The molecule has 0 radical (unpaired) electrons. The molecule has 116 valence electrons. The molecule has 0 spiro atoms. The molecule has 3 nitrogen and oxygen atoms in total. The first-order valence-corrected chi connectivity index (χ1v) is 8.27. The molecule has 2 aromatic rings. The molecule has 3 heteroatoms. The topological polar surface area (TPSA) is 28.3 Å². The molecule has 1 aliphatic carbocycles. The van der Waals surface area contributed by atoms with Gasteiger partial charge in [-0.2, -0.15) is 0 Å². The molecular weight excluding hydrogens is 272 g/mol. The van der Waals surface area contributed by atoms with E-state index in [1.807, 2.05) is 0 Å². The lowest BCUT2D eigenvalue weighted by Gasteiger charge is -2.44. The number of aromatic nitrogens is 1. The van der Waals surface area contributed by atoms with Gasteiger partial charge in [0.25, 0.3) is 0 Å². The number of fused-ring (bicyclic) bond motifs is 2. The molecule has 0 bridgehead atoms. The first-order valence-electron chi connectivity index (χ1n) is 8.27. The van der Waals surface area contributed by atoms with Gasteiger partial charge in [-0.3, -0.25) is 4.90 Å². The lowest BCUT2D eigenvalue weighted by molar-refractivity contribution is -0.0235. The van der Waals surface area contributed by atoms with Crippen LogP contribution in [0.5, 0.6) is 0 Å². The Morgan fingerprint density at radius 2 is 2.27 bits per heavy atom. The van der Waals surface area contributed by atoms with Crippen LogP contribution in [0.4, 0.5) is 0 Å². The van der Waals surface area contributed by atoms with E-state index in [0.29, 0.717) is 6.04 Å². The van der Waals surface area contributed by atoms with Gasteiger partial charge in [0.2, 0.25) is 0 Å². The summed E-state index contributed by atoms with van der Waals surface area (Å²) in [6.45, 7) is 6.16. The molecule has 1 N–H and O–H groups in total. The molecule has 0 fully saturated rings. The summed E-state index contributed by atoms with van der Waals surface area (Å²) in [5, 5.41) is 1.40. The van der Waals surface area contributed by atoms with Crippen molar-refractivity contribution in [3.05, 3.63) is 41.6 Å². The number of benzene rings is 1. The third-order valence-corrected chi connectivity index (χ3v) is 5.06. The first kappa shape index (κ1) is 14.0. The number of hydrogen-bond donors (Lipinski definition) is 1. The Morgan fingerprint density at radius 1 is 1.41 bits per heavy atom. The summed E-state index contributed by atoms with van der Waals surface area (Å²) in [6, 6.07) is 7.05. The number of rotatable bonds is 3. The van der Waals surface area contributed by atoms with Gasteiger partial charge in [-0.15, -0.1) is 0 Å². The molecule has 2 aliphatic rings. The van der Waals surface area contributed by atoms with Gasteiger partial charge in [-0.05, 0) is 55.7 Å². The first-order chi connectivity index (χ1) is 10.6. The monoisotopic (exact) mass is 296 g/mol. The van der Waals surface area contributed by atoms with Gasteiger partial charge in [0.15, 0.2) is 0 Å². The molecule has 4 rings (SSSR count). The van der Waals surface area contributed by atoms with E-state index < -0.39 is 0 Å². The van der Waals surface area contributed by atoms with Crippen LogP contribution >= 0.6 is 0 Å². The molecular formula is C19H24N2O. The van der Waals surface area contributed by atoms with Crippen molar-refractivity contribution in [1.82, 2.24) is 9.88 Å². The second-order valence-corrected chi connectivity index (χ2v) is 6.94. The zero-order valence-electron chi connectivity index (χ0n) is 13.6. The van der Waals surface area contributed by atoms with Crippen molar-refractivity contribution in [2.45, 2.75) is 38.3 Å². The van der Waals surface area contributed by atoms with Crippen LogP contribution in [0, 0.1) is 0 Å². The number of nitrogens with one attached hydrogen (secondary N) is 1. The van der Waals surface area contributed by atoms with Crippen LogP contribution in [0.1, 0.15) is 31.4 Å². The number of ether oxygens (including phenoxy) is 1. The van der Waals surface area contributed by atoms with E-state index in [1.54, 1.807) is 0 Å². The Labute approximate surface area is 132 Å². The van der Waals surface area contributed by atoms with E-state index in [0.717, 1.165) is 26.0 Å². The molecule has 2 heterocycles. The molecule has 0 unspecified atom stereocenters. The number of aromatic amines is 1. The van der Waals surface area contributed by atoms with Crippen molar-refractivity contribution in [3.8, 4) is 0 Å². The van der Waals surface area contributed by atoms with Gasteiger partial charge in [-0.1, -0.05) is 19.1 Å². The van der Waals surface area contributed by atoms with Gasteiger partial charge in [0, 0.05) is 36.3 Å². The van der Waals surface area contributed by atoms with E-state index in [1.165, 1.54) is 27.6 Å². The SMILES string of the molecule is CCCO[C@]1(C)C=C2c3cccc4[nH]cc(c34)C[C@@H]2N(C)C1. The van der Waals surface area contributed by atoms with Crippen molar-refractivity contribution in [3.63, 3.8) is 0 Å². The summed E-state index contributed by atoms with van der Waals surface area (Å²) in [6.07, 6.45) is 6.71. The molecule has 0 amide bonds. The van der Waals surface area contributed by atoms with Crippen LogP contribution < -0.4 is 0 Å². The fraction of sp³-hybridized carbons (Fsp3) is 0.474. The Balaban J connectivity index is 1.86. The summed E-state index contributed by atoms with van der Waals surface area (Å²) in [5.41, 5.74) is 5.31. The summed E-state index contributed by atoms with van der Waals surface area (Å²) in [4.78, 5) is 5.88. The minimum Gasteiger partial charge on any atom is -0.370 e. The quantitative estimate of drug-likeness (QED) is 0.937. The number of likely N-dealkylation sites (N-methyl/N-ethyl adjacent to an activating group) is 1. The summed E-state index contributed by atoms with van der Waals surface area (Å²) < 4.78 is 6.18. The zero-order chi connectivity index (χ0) is 15.3. The van der Waals surface area contributed by atoms with Gasteiger partial charge in [-0.25, -0.2) is 0 Å². The summed E-state index contributed by atoms with van der Waals surface area (Å²) in [7, 11) is 2.23. The van der Waals surface area contributed by atoms with Crippen molar-refractivity contribution in [2.24, 2.45) is 0 Å². The minimum absolute atomic E-state index is 0.188. The molecule has 2 atom stereocenters. The molecule has 1 aromatic heterocycles. The lowest BCUT2D eigenvalue weighted by Crippen LogP contribution is -2.50. The third-order valence-electron chi connectivity index (χ3n) is 5.06. The van der Waals surface area contributed by atoms with Crippen LogP contribution in [0.2, 0.25) is 0 Å². The maximum absolute atomic E-state index is 6.18. The summed E-state index contributed by atoms with van der Waals surface area (Å²) in [5.74, 6) is 0. The van der Waals surface area contributed by atoms with Gasteiger partial charge in [0.05, 0.1) is 5.60 Å². The van der Waals surface area contributed by atoms with Gasteiger partial charge < -0.3 is 9.72 Å². The maximum Gasteiger partial charge on any atom is 0.0967 e. The zero-order valence-corrected chi connectivity index (χ0v) is 13.6. The van der Waals surface area contributed by atoms with E-state index in [-0.39, 0.29) is 5.60 Å². The number of nitrogens with zero attached hydrogens (tertiary/aromatic N) is 1. The Hall–Kier alpha value is -1.58. The van der Waals surface area contributed by atoms with Crippen molar-refractivity contribution in [1.29, 1.82) is 0 Å². The van der Waals surface area contributed by atoms with Gasteiger partial charge in [0.1, 0.15) is 0 Å². The standard InChI is InChI=1S/C19H24N2O/c1-4-8-22-19(2)10-15-14-6-5-7-16-18(14)13(11-20-16)9-17(15)21(3)12-19/h5-7,10-11,17,20H,4,8-9,12H2,1-3H3/t17-,19+/m0/s1. The Kier molecular flexibility index (Phi) is 3.17. The summed E-state index contributed by atoms with van der Waals surface area (Å²) >= 11 is 0. The number of hydrogen-bond acceptors (Lipinski definition) is 2. The highest BCUT2D eigenvalue weighted by Crippen LogP contribution is 2.42. The van der Waals surface area contributed by atoms with Crippen LogP contribution in [0.25, 0.3) is 16.5 Å². The Morgan fingerprint density at radius 3 is 3.09 bits per heavy atom. The highest BCUT2D eigenvalue weighted by atomic mass is 16.5. The maximum atomic E-state index is 6.18. The van der Waals surface area contributed by atoms with E-state index in [9.17, 15) is 0 Å². The highest BCUT2D eigenvalue weighted by molar-refractivity contribution is 5.98. The predicted octanol–water partition coefficient (Wildman–Crippen LogP) is 3.61. The molecule has 1 aromatic carbocycles. The molecule has 0 saturated heterocycles. The van der Waals surface area contributed by atoms with Crippen LogP contribution in [-0.4, -0.2) is 41.7 Å². The van der Waals surface area contributed by atoms with Crippen molar-refractivity contribution < 1.29 is 4.74 Å². The largest absolute Gasteiger partial charge is 0.370 e. The fourth-order valence-corrected chi connectivity index (χ4v) is 4.12. The van der Waals surface area contributed by atoms with Gasteiger partial charge >= 0.3 is 0 Å². The molecule has 1 aliphatic heterocycles. The lowest BCUT2D eigenvalue weighted by atomic mass is 9.79. The smallest absolute Gasteiger partial charge is 0.0967 e. The van der Waals surface area contributed by atoms with E-state index >= 15 is 0 Å². The molecule has 22 heavy (non-hydrogen) atoms. The Bertz CT molecular complexity index is 745. The van der Waals surface area contributed by atoms with Crippen molar-refractivity contribution in [2.75, 3.05) is 20.2 Å². The normalized spacial score (nSPS) is 27.8. The van der Waals surface area contributed by atoms with Crippen LogP contribution in [0.15, 0.2) is 30.5 Å². The fourth-order valence-electron chi connectivity index (χ4n) is 4.12. The second-order valence-electron chi connectivity index (χ2n) is 6.94. The predicted molar refractivity (Wildman–Crippen MR) is 91.0 cm³/mol. The average molecular weight is 296 g/mol. The van der Waals surface area contributed by atoms with E-state index in [2.05, 4.69) is 61.3 Å². The minimum atomic E-state index is -0.188. The van der Waals surface area contributed by atoms with Crippen LogP contribution in [0.3, 0.4) is 0 Å². The highest BCUT2D eigenvalue weighted by Gasteiger charge is 2.38. The van der Waals surface area contributed by atoms with Crippen LogP contribution in [-0.2, 0) is 11.2 Å². The number of H-pyrrole nitrogens is 1. The molecule has 0 saturated carbocycles. The third kappa shape index (κ3) is 2.03. The second kappa shape index (κ2) is 4.97.